The highest BCUT2D eigenvalue weighted by Gasteiger charge is 2.15. The summed E-state index contributed by atoms with van der Waals surface area (Å²) < 4.78 is 0. The molecule has 5 aromatic rings. The Morgan fingerprint density at radius 3 is 2.11 bits per heavy atom. The zero-order chi connectivity index (χ0) is 24.7. The van der Waals surface area contributed by atoms with E-state index in [-0.39, 0.29) is 28.3 Å². The first-order valence-electron chi connectivity index (χ1n) is 10.7. The molecule has 0 spiro atoms. The number of benzene rings is 3. The van der Waals surface area contributed by atoms with Crippen LogP contribution in [0, 0.1) is 6.92 Å². The van der Waals surface area contributed by atoms with Gasteiger partial charge in [-0.1, -0.05) is 36.4 Å². The van der Waals surface area contributed by atoms with E-state index in [4.69, 9.17) is 0 Å². The molecule has 2 aromatic heterocycles. The number of phenols is 2. The minimum Gasteiger partial charge on any atom is -0.508 e. The van der Waals surface area contributed by atoms with Crippen LogP contribution in [-0.2, 0) is 0 Å². The summed E-state index contributed by atoms with van der Waals surface area (Å²) in [5.74, 6) is -0.521. The predicted molar refractivity (Wildman–Crippen MR) is 131 cm³/mol. The number of aromatic nitrogens is 3. The van der Waals surface area contributed by atoms with Gasteiger partial charge in [-0.25, -0.2) is 14.8 Å². The van der Waals surface area contributed by atoms with Gasteiger partial charge in [0, 0.05) is 16.7 Å². The van der Waals surface area contributed by atoms with Crippen LogP contribution < -0.4 is 5.56 Å². The van der Waals surface area contributed by atoms with Crippen molar-refractivity contribution in [3.8, 4) is 45.0 Å². The molecule has 0 unspecified atom stereocenters. The third-order valence-corrected chi connectivity index (χ3v) is 5.71. The van der Waals surface area contributed by atoms with E-state index in [1.54, 1.807) is 37.3 Å². The van der Waals surface area contributed by atoms with E-state index in [0.29, 0.717) is 39.2 Å². The van der Waals surface area contributed by atoms with Gasteiger partial charge in [0.15, 0.2) is 5.65 Å². The summed E-state index contributed by atoms with van der Waals surface area (Å²) in [5, 5.41) is 29.5. The Labute approximate surface area is 198 Å². The zero-order valence-electron chi connectivity index (χ0n) is 18.5. The second-order valence-corrected chi connectivity index (χ2v) is 8.07. The first-order valence-corrected chi connectivity index (χ1v) is 10.7. The number of carbonyl (C=O) groups is 1. The number of nitrogens with zero attached hydrogens (tertiary/aromatic N) is 2. The maximum atomic E-state index is 12.8. The van der Waals surface area contributed by atoms with Gasteiger partial charge in [-0.05, 0) is 54.4 Å². The number of pyridine rings is 1. The standard InChI is InChI=1S/C27H19N3O5/c1-14-28-25-24(26(33)29-14)21(16-4-8-18(9-5-16)27(34)35)13-22(30-25)17-6-2-15(3-7-17)20-12-19(31)10-11-23(20)32/h2-13,31-32H,1H3,(H,34,35)(H,28,29,30,33). The first-order chi connectivity index (χ1) is 16.8. The average Bonchev–Trinajstić information content (AvgIpc) is 2.84. The van der Waals surface area contributed by atoms with E-state index in [2.05, 4.69) is 15.0 Å². The maximum Gasteiger partial charge on any atom is 0.335 e. The fourth-order valence-electron chi connectivity index (χ4n) is 3.99. The number of hydrogen-bond donors (Lipinski definition) is 4. The van der Waals surface area contributed by atoms with E-state index in [1.165, 1.54) is 30.3 Å². The van der Waals surface area contributed by atoms with E-state index < -0.39 is 5.97 Å². The number of fused-ring (bicyclic) bond motifs is 1. The number of aryl methyl sites for hydroxylation is 1. The van der Waals surface area contributed by atoms with Gasteiger partial charge in [0.25, 0.3) is 5.56 Å². The summed E-state index contributed by atoms with van der Waals surface area (Å²) in [6.07, 6.45) is 0. The Kier molecular flexibility index (Phi) is 5.25. The summed E-state index contributed by atoms with van der Waals surface area (Å²) in [5.41, 5.74) is 3.82. The van der Waals surface area contributed by atoms with Gasteiger partial charge in [-0.3, -0.25) is 4.79 Å². The third-order valence-electron chi connectivity index (χ3n) is 5.71. The van der Waals surface area contributed by atoms with Crippen LogP contribution in [0.3, 0.4) is 0 Å². The monoisotopic (exact) mass is 465 g/mol. The second kappa shape index (κ2) is 8.42. The van der Waals surface area contributed by atoms with Crippen molar-refractivity contribution in [1.82, 2.24) is 15.0 Å². The maximum absolute atomic E-state index is 12.8. The third kappa shape index (κ3) is 4.08. The lowest BCUT2D eigenvalue weighted by Gasteiger charge is -2.11. The summed E-state index contributed by atoms with van der Waals surface area (Å²) in [7, 11) is 0. The van der Waals surface area contributed by atoms with E-state index in [1.807, 2.05) is 12.1 Å². The molecule has 0 aliphatic rings. The van der Waals surface area contributed by atoms with Crippen molar-refractivity contribution < 1.29 is 20.1 Å². The number of nitrogens with one attached hydrogen (secondary N) is 1. The van der Waals surface area contributed by atoms with Crippen molar-refractivity contribution in [3.63, 3.8) is 0 Å². The van der Waals surface area contributed by atoms with Crippen molar-refractivity contribution in [3.05, 3.63) is 94.5 Å². The molecule has 0 atom stereocenters. The molecule has 172 valence electrons. The Hall–Kier alpha value is -4.98. The number of carboxylic acids is 1. The smallest absolute Gasteiger partial charge is 0.335 e. The summed E-state index contributed by atoms with van der Waals surface area (Å²) in [6, 6.07) is 19.6. The molecule has 0 aliphatic heterocycles. The first kappa shape index (κ1) is 21.8. The Morgan fingerprint density at radius 1 is 0.800 bits per heavy atom. The molecular formula is C27H19N3O5. The number of carboxylic acid groups (broad SMARTS) is 1. The zero-order valence-corrected chi connectivity index (χ0v) is 18.5. The van der Waals surface area contributed by atoms with Crippen LogP contribution in [-0.4, -0.2) is 36.2 Å². The lowest BCUT2D eigenvalue weighted by Crippen LogP contribution is -2.12. The average molecular weight is 465 g/mol. The lowest BCUT2D eigenvalue weighted by atomic mass is 9.97. The molecule has 2 heterocycles. The van der Waals surface area contributed by atoms with Crippen LogP contribution in [0.2, 0.25) is 0 Å². The summed E-state index contributed by atoms with van der Waals surface area (Å²) in [4.78, 5) is 35.8. The largest absolute Gasteiger partial charge is 0.508 e. The predicted octanol–water partition coefficient (Wildman–Crippen LogP) is 4.74. The molecule has 0 amide bonds. The van der Waals surface area contributed by atoms with E-state index >= 15 is 0 Å². The molecule has 8 nitrogen and oxygen atoms in total. The van der Waals surface area contributed by atoms with Crippen molar-refractivity contribution in [2.24, 2.45) is 0 Å². The fourth-order valence-corrected chi connectivity index (χ4v) is 3.99. The molecule has 0 saturated carbocycles. The Balaban J connectivity index is 1.66. The SMILES string of the molecule is Cc1nc2nc(-c3ccc(-c4cc(O)ccc4O)cc3)cc(-c3ccc(C(=O)O)cc3)c2c(=O)[nH]1. The number of rotatable bonds is 4. The van der Waals surface area contributed by atoms with Crippen molar-refractivity contribution in [2.75, 3.05) is 0 Å². The fraction of sp³-hybridized carbons (Fsp3) is 0.0370. The van der Waals surface area contributed by atoms with E-state index in [9.17, 15) is 24.9 Å². The molecule has 8 heteroatoms. The van der Waals surface area contributed by atoms with Crippen LogP contribution in [0.25, 0.3) is 44.5 Å². The highest BCUT2D eigenvalue weighted by molar-refractivity contribution is 5.95. The topological polar surface area (TPSA) is 136 Å². The van der Waals surface area contributed by atoms with E-state index in [0.717, 1.165) is 5.56 Å². The highest BCUT2D eigenvalue weighted by atomic mass is 16.4. The van der Waals surface area contributed by atoms with Gasteiger partial charge in [0.05, 0.1) is 16.6 Å². The van der Waals surface area contributed by atoms with Crippen LogP contribution in [0.4, 0.5) is 0 Å². The molecule has 0 saturated heterocycles. The van der Waals surface area contributed by atoms with Crippen molar-refractivity contribution in [2.45, 2.75) is 6.92 Å². The molecule has 0 fully saturated rings. The van der Waals surface area contributed by atoms with Gasteiger partial charge < -0.3 is 20.3 Å². The van der Waals surface area contributed by atoms with Crippen LogP contribution in [0.5, 0.6) is 11.5 Å². The van der Waals surface area contributed by atoms with Crippen LogP contribution >= 0.6 is 0 Å². The normalized spacial score (nSPS) is 11.0. The minimum absolute atomic E-state index is 0.0447. The summed E-state index contributed by atoms with van der Waals surface area (Å²) >= 11 is 0. The highest BCUT2D eigenvalue weighted by Crippen LogP contribution is 2.34. The quantitative estimate of drug-likeness (QED) is 0.282. The number of aromatic carboxylic acids is 1. The molecule has 3 aromatic carbocycles. The van der Waals surface area contributed by atoms with Gasteiger partial charge in [0.1, 0.15) is 17.3 Å². The minimum atomic E-state index is -1.04. The molecule has 35 heavy (non-hydrogen) atoms. The van der Waals surface area contributed by atoms with Gasteiger partial charge >= 0.3 is 5.97 Å². The van der Waals surface area contributed by atoms with Gasteiger partial charge in [0.2, 0.25) is 0 Å². The number of aromatic amines is 1. The molecule has 0 bridgehead atoms. The molecule has 0 radical (unpaired) electrons. The van der Waals surface area contributed by atoms with Crippen LogP contribution in [0.1, 0.15) is 16.2 Å². The number of H-pyrrole nitrogens is 1. The molecule has 4 N–H and O–H groups in total. The molecule has 5 rings (SSSR count). The van der Waals surface area contributed by atoms with Crippen molar-refractivity contribution in [1.29, 1.82) is 0 Å². The number of phenolic OH excluding ortho intramolecular Hbond substituents is 2. The molecular weight excluding hydrogens is 446 g/mol. The Bertz CT molecular complexity index is 1660. The lowest BCUT2D eigenvalue weighted by molar-refractivity contribution is 0.0697. The van der Waals surface area contributed by atoms with Gasteiger partial charge in [-0.15, -0.1) is 0 Å². The Morgan fingerprint density at radius 2 is 1.43 bits per heavy atom. The van der Waals surface area contributed by atoms with Gasteiger partial charge in [-0.2, -0.15) is 0 Å². The molecule has 0 aliphatic carbocycles. The van der Waals surface area contributed by atoms with Crippen molar-refractivity contribution >= 4 is 17.0 Å². The number of hydrogen-bond acceptors (Lipinski definition) is 6. The van der Waals surface area contributed by atoms with Crippen LogP contribution in [0.15, 0.2) is 77.6 Å². The second-order valence-electron chi connectivity index (χ2n) is 8.07. The number of aromatic hydroxyl groups is 2. The summed E-state index contributed by atoms with van der Waals surface area (Å²) in [6.45, 7) is 1.67.